The molecule has 0 atom stereocenters. The van der Waals surface area contributed by atoms with Crippen LogP contribution >= 0.6 is 0 Å². The van der Waals surface area contributed by atoms with Crippen molar-refractivity contribution in [1.82, 2.24) is 14.8 Å². The summed E-state index contributed by atoms with van der Waals surface area (Å²) in [5, 5.41) is 3.85. The van der Waals surface area contributed by atoms with Crippen LogP contribution in [0.1, 0.15) is 15.9 Å². The number of aromatic nitrogens is 1. The van der Waals surface area contributed by atoms with E-state index in [4.69, 9.17) is 4.74 Å². The molecule has 0 saturated carbocycles. The number of aryl methyl sites for hydroxylation is 2. The van der Waals surface area contributed by atoms with Crippen LogP contribution in [0.25, 0.3) is 10.9 Å². The summed E-state index contributed by atoms with van der Waals surface area (Å²) in [7, 11) is 0. The van der Waals surface area contributed by atoms with E-state index in [-0.39, 0.29) is 17.0 Å². The van der Waals surface area contributed by atoms with Gasteiger partial charge in [0.25, 0.3) is 11.5 Å². The highest BCUT2D eigenvalue weighted by Gasteiger charge is 2.20. The number of rotatable bonds is 4. The minimum Gasteiger partial charge on any atom is -0.379 e. The van der Waals surface area contributed by atoms with Crippen molar-refractivity contribution >= 4 is 16.8 Å². The number of pyridine rings is 1. The van der Waals surface area contributed by atoms with Crippen molar-refractivity contribution in [2.45, 2.75) is 13.0 Å². The first-order chi connectivity index (χ1) is 11.7. The maximum Gasteiger partial charge on any atom is 0.263 e. The van der Waals surface area contributed by atoms with Crippen molar-refractivity contribution in [3.8, 4) is 0 Å². The second-order valence-electron chi connectivity index (χ2n) is 6.33. The van der Waals surface area contributed by atoms with Crippen LogP contribution in [0.2, 0.25) is 0 Å². The third-order valence-corrected chi connectivity index (χ3v) is 4.86. The molecule has 6 heteroatoms. The monoisotopic (exact) mass is 327 g/mol. The maximum absolute atomic E-state index is 12.6. The average Bonchev–Trinajstić information content (AvgIpc) is 3.05. The second kappa shape index (κ2) is 6.37. The largest absolute Gasteiger partial charge is 0.379 e. The Morgan fingerprint density at radius 2 is 2.04 bits per heavy atom. The van der Waals surface area contributed by atoms with Crippen LogP contribution in [0.5, 0.6) is 0 Å². The molecule has 126 valence electrons. The normalized spacial score (nSPS) is 17.3. The van der Waals surface area contributed by atoms with E-state index in [2.05, 4.69) is 10.2 Å². The summed E-state index contributed by atoms with van der Waals surface area (Å²) in [5.41, 5.74) is 2.22. The van der Waals surface area contributed by atoms with E-state index < -0.39 is 0 Å². The molecular weight excluding hydrogens is 306 g/mol. The topological polar surface area (TPSA) is 63.6 Å². The molecular formula is C18H21N3O3. The number of hydrogen-bond donors (Lipinski definition) is 1. The van der Waals surface area contributed by atoms with E-state index in [9.17, 15) is 9.59 Å². The number of nitrogens with one attached hydrogen (secondary N) is 1. The summed E-state index contributed by atoms with van der Waals surface area (Å²) in [6, 6.07) is 7.73. The predicted molar refractivity (Wildman–Crippen MR) is 91.5 cm³/mol. The van der Waals surface area contributed by atoms with Crippen LogP contribution in [0.4, 0.5) is 0 Å². The molecule has 4 rings (SSSR count). The number of benzene rings is 1. The van der Waals surface area contributed by atoms with Gasteiger partial charge in [0.1, 0.15) is 5.56 Å². The number of para-hydroxylation sites is 1. The van der Waals surface area contributed by atoms with Crippen molar-refractivity contribution in [2.24, 2.45) is 0 Å². The number of morpholine rings is 1. The minimum absolute atomic E-state index is 0.184. The van der Waals surface area contributed by atoms with Crippen molar-refractivity contribution in [2.75, 3.05) is 39.4 Å². The quantitative estimate of drug-likeness (QED) is 0.894. The number of hydrogen-bond acceptors (Lipinski definition) is 4. The zero-order valence-electron chi connectivity index (χ0n) is 13.6. The average molecular weight is 327 g/mol. The van der Waals surface area contributed by atoms with Gasteiger partial charge in [-0.1, -0.05) is 18.2 Å². The third-order valence-electron chi connectivity index (χ3n) is 4.86. The molecule has 24 heavy (non-hydrogen) atoms. The van der Waals surface area contributed by atoms with Crippen molar-refractivity contribution in [3.63, 3.8) is 0 Å². The number of nitrogens with zero attached hydrogens (tertiary/aromatic N) is 2. The molecule has 0 aliphatic carbocycles. The standard InChI is InChI=1S/C18H21N3O3/c22-17(19-5-7-20-8-10-24-11-9-20)15-12-14-3-1-2-13-4-6-21(16(13)14)18(15)23/h1-3,12H,4-11H2,(H,19,22). The van der Waals surface area contributed by atoms with Crippen LogP contribution in [0, 0.1) is 0 Å². The summed E-state index contributed by atoms with van der Waals surface area (Å²) in [5.74, 6) is -0.281. The van der Waals surface area contributed by atoms with Crippen molar-refractivity contribution in [3.05, 3.63) is 45.7 Å². The molecule has 1 saturated heterocycles. The Hall–Kier alpha value is -2.18. The summed E-state index contributed by atoms with van der Waals surface area (Å²) >= 11 is 0. The first-order valence-electron chi connectivity index (χ1n) is 8.48. The molecule has 2 aliphatic heterocycles. The SMILES string of the molecule is O=C(NCCN1CCOCC1)c1cc2cccc3c2n(c1=O)CC3. The van der Waals surface area contributed by atoms with Gasteiger partial charge in [0, 0.05) is 32.7 Å². The van der Waals surface area contributed by atoms with Gasteiger partial charge in [-0.05, 0) is 23.4 Å². The maximum atomic E-state index is 12.6. The van der Waals surface area contributed by atoms with Gasteiger partial charge in [-0.25, -0.2) is 0 Å². The summed E-state index contributed by atoms with van der Waals surface area (Å²) < 4.78 is 7.05. The minimum atomic E-state index is -0.281. The lowest BCUT2D eigenvalue weighted by Gasteiger charge is -2.26. The molecule has 6 nitrogen and oxygen atoms in total. The Morgan fingerprint density at radius 3 is 2.88 bits per heavy atom. The molecule has 3 heterocycles. The molecule has 0 radical (unpaired) electrons. The highest BCUT2D eigenvalue weighted by atomic mass is 16.5. The fourth-order valence-corrected chi connectivity index (χ4v) is 3.58. The molecule has 2 aromatic rings. The molecule has 0 bridgehead atoms. The number of ether oxygens (including phenoxy) is 1. The lowest BCUT2D eigenvalue weighted by molar-refractivity contribution is 0.0383. The number of carbonyl (C=O) groups excluding carboxylic acids is 1. The lowest BCUT2D eigenvalue weighted by Crippen LogP contribution is -2.42. The van der Waals surface area contributed by atoms with Gasteiger partial charge in [-0.15, -0.1) is 0 Å². The van der Waals surface area contributed by atoms with Gasteiger partial charge in [-0.3, -0.25) is 14.5 Å². The van der Waals surface area contributed by atoms with E-state index in [1.54, 1.807) is 10.6 Å². The van der Waals surface area contributed by atoms with Crippen LogP contribution in [-0.2, 0) is 17.7 Å². The highest BCUT2D eigenvalue weighted by Crippen LogP contribution is 2.24. The fourth-order valence-electron chi connectivity index (χ4n) is 3.58. The first-order valence-corrected chi connectivity index (χ1v) is 8.48. The van der Waals surface area contributed by atoms with E-state index in [1.807, 2.05) is 18.2 Å². The van der Waals surface area contributed by atoms with Crippen molar-refractivity contribution < 1.29 is 9.53 Å². The Labute approximate surface area is 140 Å². The molecule has 0 unspecified atom stereocenters. The van der Waals surface area contributed by atoms with Gasteiger partial charge in [0.2, 0.25) is 0 Å². The van der Waals surface area contributed by atoms with Crippen LogP contribution < -0.4 is 10.9 Å². The summed E-state index contributed by atoms with van der Waals surface area (Å²) in [6.45, 7) is 5.24. The van der Waals surface area contributed by atoms with E-state index >= 15 is 0 Å². The number of carbonyl (C=O) groups is 1. The van der Waals surface area contributed by atoms with Crippen LogP contribution in [0.3, 0.4) is 0 Å². The van der Waals surface area contributed by atoms with Gasteiger partial charge >= 0.3 is 0 Å². The first kappa shape index (κ1) is 15.4. The molecule has 1 fully saturated rings. The molecule has 0 spiro atoms. The molecule has 1 N–H and O–H groups in total. The van der Waals surface area contributed by atoms with Gasteiger partial charge in [0.15, 0.2) is 0 Å². The summed E-state index contributed by atoms with van der Waals surface area (Å²) in [4.78, 5) is 27.4. The van der Waals surface area contributed by atoms with E-state index in [1.165, 1.54) is 5.56 Å². The van der Waals surface area contributed by atoms with Gasteiger partial charge < -0.3 is 14.6 Å². The zero-order valence-corrected chi connectivity index (χ0v) is 13.6. The van der Waals surface area contributed by atoms with Gasteiger partial charge in [0.05, 0.1) is 18.7 Å². The van der Waals surface area contributed by atoms with Crippen LogP contribution in [-0.4, -0.2) is 54.8 Å². The Morgan fingerprint density at radius 1 is 1.21 bits per heavy atom. The van der Waals surface area contributed by atoms with Crippen molar-refractivity contribution in [1.29, 1.82) is 0 Å². The Balaban J connectivity index is 1.51. The van der Waals surface area contributed by atoms with Gasteiger partial charge in [-0.2, -0.15) is 0 Å². The van der Waals surface area contributed by atoms with Crippen LogP contribution in [0.15, 0.2) is 29.1 Å². The van der Waals surface area contributed by atoms with E-state index in [0.717, 1.165) is 50.2 Å². The fraction of sp³-hybridized carbons (Fsp3) is 0.444. The summed E-state index contributed by atoms with van der Waals surface area (Å²) in [6.07, 6.45) is 0.856. The molecule has 2 aliphatic rings. The van der Waals surface area contributed by atoms with E-state index in [0.29, 0.717) is 13.1 Å². The molecule has 1 aromatic carbocycles. The third kappa shape index (κ3) is 2.72. The predicted octanol–water partition coefficient (Wildman–Crippen LogP) is 0.620. The smallest absolute Gasteiger partial charge is 0.263 e. The number of amides is 1. The Kier molecular flexibility index (Phi) is 4.08. The molecule has 1 amide bonds. The lowest BCUT2D eigenvalue weighted by atomic mass is 10.1. The Bertz CT molecular complexity index is 837. The zero-order chi connectivity index (χ0) is 16.5. The highest BCUT2D eigenvalue weighted by molar-refractivity contribution is 5.98. The molecule has 1 aromatic heterocycles. The second-order valence-corrected chi connectivity index (χ2v) is 6.33.